The Morgan fingerprint density at radius 1 is 1.67 bits per heavy atom. The fourth-order valence-electron chi connectivity index (χ4n) is 1.46. The minimum atomic E-state index is 0.0887. The number of ether oxygens (including phenoxy) is 1. The molecule has 0 bridgehead atoms. The third-order valence-corrected chi connectivity index (χ3v) is 2.23. The van der Waals surface area contributed by atoms with Crippen molar-refractivity contribution >= 4 is 5.78 Å². The number of ketones is 1. The van der Waals surface area contributed by atoms with Crippen LogP contribution in [-0.2, 0) is 9.53 Å². The molecular weight excluding hydrogens is 152 g/mol. The number of hydrogen-bond donors (Lipinski definition) is 0. The van der Waals surface area contributed by atoms with Crippen LogP contribution in [0.3, 0.4) is 0 Å². The summed E-state index contributed by atoms with van der Waals surface area (Å²) < 4.78 is 5.30. The van der Waals surface area contributed by atoms with Crippen LogP contribution in [0.1, 0.15) is 26.7 Å². The van der Waals surface area contributed by atoms with Gasteiger partial charge in [0.2, 0.25) is 0 Å². The molecule has 1 fully saturated rings. The first-order valence-electron chi connectivity index (χ1n) is 4.29. The van der Waals surface area contributed by atoms with Crippen LogP contribution in [0, 0.1) is 17.8 Å². The molecule has 1 rings (SSSR count). The molecule has 0 saturated carbocycles. The Labute approximate surface area is 73.3 Å². The zero-order chi connectivity index (χ0) is 8.97. The maximum Gasteiger partial charge on any atom is 0.150 e. The molecule has 12 heavy (non-hydrogen) atoms. The molecule has 2 atom stereocenters. The summed E-state index contributed by atoms with van der Waals surface area (Å²) in [6.07, 6.45) is 1.34. The normalized spacial score (nSPS) is 27.8. The molecule has 0 aromatic carbocycles. The fraction of sp³-hybridized carbons (Fsp3) is 0.700. The van der Waals surface area contributed by atoms with Gasteiger partial charge in [0.15, 0.2) is 0 Å². The van der Waals surface area contributed by atoms with E-state index in [1.165, 1.54) is 0 Å². The molecule has 0 spiro atoms. The van der Waals surface area contributed by atoms with E-state index in [1.54, 1.807) is 6.92 Å². The monoisotopic (exact) mass is 166 g/mol. The molecule has 0 aliphatic carbocycles. The summed E-state index contributed by atoms with van der Waals surface area (Å²) in [4.78, 5) is 11.4. The highest BCUT2D eigenvalue weighted by molar-refractivity contribution is 5.83. The van der Waals surface area contributed by atoms with E-state index in [0.717, 1.165) is 13.0 Å². The van der Waals surface area contributed by atoms with Crippen LogP contribution in [0.2, 0.25) is 0 Å². The first-order chi connectivity index (χ1) is 5.75. The molecular formula is C10H14O2. The van der Waals surface area contributed by atoms with Crippen molar-refractivity contribution in [2.45, 2.75) is 32.8 Å². The topological polar surface area (TPSA) is 26.3 Å². The zero-order valence-electron chi connectivity index (χ0n) is 7.59. The van der Waals surface area contributed by atoms with Crippen LogP contribution >= 0.6 is 0 Å². The van der Waals surface area contributed by atoms with E-state index < -0.39 is 0 Å². The van der Waals surface area contributed by atoms with Crippen molar-refractivity contribution in [3.63, 3.8) is 0 Å². The number of carbonyl (C=O) groups is 1. The van der Waals surface area contributed by atoms with Crippen LogP contribution < -0.4 is 0 Å². The molecule has 0 amide bonds. The van der Waals surface area contributed by atoms with E-state index in [1.807, 2.05) is 6.92 Å². The zero-order valence-corrected chi connectivity index (χ0v) is 7.59. The minimum absolute atomic E-state index is 0.0887. The minimum Gasteiger partial charge on any atom is -0.378 e. The maximum atomic E-state index is 11.4. The van der Waals surface area contributed by atoms with Gasteiger partial charge < -0.3 is 4.74 Å². The van der Waals surface area contributed by atoms with E-state index in [2.05, 4.69) is 11.8 Å². The summed E-state index contributed by atoms with van der Waals surface area (Å²) in [5.41, 5.74) is 0. The molecule has 66 valence electrons. The summed E-state index contributed by atoms with van der Waals surface area (Å²) >= 11 is 0. The van der Waals surface area contributed by atoms with Crippen molar-refractivity contribution in [3.05, 3.63) is 0 Å². The fourth-order valence-corrected chi connectivity index (χ4v) is 1.46. The molecule has 2 unspecified atom stereocenters. The van der Waals surface area contributed by atoms with Crippen molar-refractivity contribution in [3.8, 4) is 11.8 Å². The van der Waals surface area contributed by atoms with Gasteiger partial charge in [-0.2, -0.15) is 0 Å². The molecule has 2 heteroatoms. The summed E-state index contributed by atoms with van der Waals surface area (Å²) in [5, 5.41) is 0. The van der Waals surface area contributed by atoms with Gasteiger partial charge in [-0.25, -0.2) is 0 Å². The van der Waals surface area contributed by atoms with Crippen LogP contribution in [0.25, 0.3) is 0 Å². The van der Waals surface area contributed by atoms with Gasteiger partial charge >= 0.3 is 0 Å². The molecule has 0 N–H and O–H groups in total. The first-order valence-corrected chi connectivity index (χ1v) is 4.29. The lowest BCUT2D eigenvalue weighted by Gasteiger charge is -2.10. The molecule has 0 aromatic rings. The number of carbonyl (C=O) groups excluding carboxylic acids is 1. The predicted octanol–water partition coefficient (Wildman–Crippen LogP) is 1.39. The predicted molar refractivity (Wildman–Crippen MR) is 46.6 cm³/mol. The molecule has 2 nitrogen and oxygen atoms in total. The van der Waals surface area contributed by atoms with Crippen LogP contribution in [0.15, 0.2) is 0 Å². The Morgan fingerprint density at radius 2 is 2.42 bits per heavy atom. The average Bonchev–Trinajstić information content (AvgIpc) is 2.47. The summed E-state index contributed by atoms with van der Waals surface area (Å²) in [6.45, 7) is 4.42. The summed E-state index contributed by atoms with van der Waals surface area (Å²) in [7, 11) is 0. The quantitative estimate of drug-likeness (QED) is 0.579. The Hall–Kier alpha value is -0.810. The van der Waals surface area contributed by atoms with Gasteiger partial charge in [0, 0.05) is 12.5 Å². The smallest absolute Gasteiger partial charge is 0.150 e. The van der Waals surface area contributed by atoms with Gasteiger partial charge in [0.05, 0.1) is 12.5 Å². The van der Waals surface area contributed by atoms with Gasteiger partial charge in [-0.3, -0.25) is 4.79 Å². The SMILES string of the molecule is CC#CCC(=O)C1CCOC1C. The third-order valence-electron chi connectivity index (χ3n) is 2.23. The standard InChI is InChI=1S/C10H14O2/c1-3-4-5-10(11)9-6-7-12-8(9)2/h8-9H,5-7H2,1-2H3. The van der Waals surface area contributed by atoms with Gasteiger partial charge in [0.1, 0.15) is 5.78 Å². The van der Waals surface area contributed by atoms with E-state index >= 15 is 0 Å². The lowest BCUT2D eigenvalue weighted by Crippen LogP contribution is -2.20. The van der Waals surface area contributed by atoms with Crippen molar-refractivity contribution in [2.75, 3.05) is 6.61 Å². The second kappa shape index (κ2) is 4.27. The second-order valence-corrected chi connectivity index (χ2v) is 3.04. The summed E-state index contributed by atoms with van der Waals surface area (Å²) in [6, 6.07) is 0. The van der Waals surface area contributed by atoms with Crippen LogP contribution in [0.5, 0.6) is 0 Å². The van der Waals surface area contributed by atoms with Crippen molar-refractivity contribution < 1.29 is 9.53 Å². The van der Waals surface area contributed by atoms with Crippen molar-refractivity contribution in [1.29, 1.82) is 0 Å². The maximum absolute atomic E-state index is 11.4. The highest BCUT2D eigenvalue weighted by Gasteiger charge is 2.29. The molecule has 1 aliphatic rings. The van der Waals surface area contributed by atoms with E-state index in [9.17, 15) is 4.79 Å². The molecule has 1 heterocycles. The Balaban J connectivity index is 2.44. The third kappa shape index (κ3) is 2.09. The van der Waals surface area contributed by atoms with Crippen LogP contribution in [0.4, 0.5) is 0 Å². The number of rotatable bonds is 2. The highest BCUT2D eigenvalue weighted by atomic mass is 16.5. The lowest BCUT2D eigenvalue weighted by atomic mass is 9.96. The van der Waals surface area contributed by atoms with Gasteiger partial charge in [-0.1, -0.05) is 5.92 Å². The first kappa shape index (κ1) is 9.28. The van der Waals surface area contributed by atoms with Crippen molar-refractivity contribution in [1.82, 2.24) is 0 Å². The molecule has 1 aliphatic heterocycles. The lowest BCUT2D eigenvalue weighted by molar-refractivity contribution is -0.123. The Kier molecular flexibility index (Phi) is 3.31. The van der Waals surface area contributed by atoms with Crippen molar-refractivity contribution in [2.24, 2.45) is 5.92 Å². The molecule has 0 aromatic heterocycles. The van der Waals surface area contributed by atoms with E-state index in [0.29, 0.717) is 6.42 Å². The number of hydrogen-bond acceptors (Lipinski definition) is 2. The van der Waals surface area contributed by atoms with E-state index in [-0.39, 0.29) is 17.8 Å². The van der Waals surface area contributed by atoms with Gasteiger partial charge in [0.25, 0.3) is 0 Å². The van der Waals surface area contributed by atoms with Crippen LogP contribution in [-0.4, -0.2) is 18.5 Å². The van der Waals surface area contributed by atoms with Gasteiger partial charge in [-0.15, -0.1) is 5.92 Å². The van der Waals surface area contributed by atoms with E-state index in [4.69, 9.17) is 4.74 Å². The number of Topliss-reactive ketones (excluding diaryl/α,β-unsaturated/α-hetero) is 1. The van der Waals surface area contributed by atoms with Gasteiger partial charge in [-0.05, 0) is 20.3 Å². The Morgan fingerprint density at radius 3 is 2.92 bits per heavy atom. The average molecular weight is 166 g/mol. The highest BCUT2D eigenvalue weighted by Crippen LogP contribution is 2.22. The molecule has 1 saturated heterocycles. The Bertz CT molecular complexity index is 222. The largest absolute Gasteiger partial charge is 0.378 e. The molecule has 0 radical (unpaired) electrons. The summed E-state index contributed by atoms with van der Waals surface area (Å²) in [5.74, 6) is 5.84. The second-order valence-electron chi connectivity index (χ2n) is 3.04.